The van der Waals surface area contributed by atoms with Crippen LogP contribution in [0.4, 0.5) is 0 Å². The Bertz CT molecular complexity index is 664. The number of aliphatic hydroxyl groups excluding tert-OH is 1. The van der Waals surface area contributed by atoms with Gasteiger partial charge in [0.25, 0.3) is 0 Å². The molecule has 0 amide bonds. The molecule has 3 aliphatic rings. The highest BCUT2D eigenvalue weighted by Crippen LogP contribution is 2.53. The van der Waals surface area contributed by atoms with E-state index in [-0.39, 0.29) is 11.5 Å². The molecule has 0 aromatic carbocycles. The van der Waals surface area contributed by atoms with Gasteiger partial charge in [-0.1, -0.05) is 6.07 Å². The molecule has 0 aliphatic heterocycles. The summed E-state index contributed by atoms with van der Waals surface area (Å²) in [5.41, 5.74) is -0.0870. The third kappa shape index (κ3) is 1.77. The highest BCUT2D eigenvalue weighted by molar-refractivity contribution is 7.10. The van der Waals surface area contributed by atoms with E-state index in [0.717, 1.165) is 18.7 Å². The average Bonchev–Trinajstić information content (AvgIpc) is 3.37. The maximum absolute atomic E-state index is 9.96. The zero-order valence-corrected chi connectivity index (χ0v) is 12.7. The summed E-state index contributed by atoms with van der Waals surface area (Å²) in [6, 6.07) is 4.91. The smallest absolute Gasteiger partial charge is 0.145 e. The van der Waals surface area contributed by atoms with Crippen LogP contribution in [-0.4, -0.2) is 26.0 Å². The summed E-state index contributed by atoms with van der Waals surface area (Å²) in [7, 11) is 0. The average molecular weight is 301 g/mol. The fraction of sp³-hybridized carbons (Fsp3) is 0.625. The van der Waals surface area contributed by atoms with Crippen molar-refractivity contribution in [1.29, 1.82) is 0 Å². The van der Waals surface area contributed by atoms with Gasteiger partial charge in [0.15, 0.2) is 0 Å². The molecule has 2 aromatic heterocycles. The van der Waals surface area contributed by atoms with Crippen LogP contribution in [0.3, 0.4) is 0 Å². The van der Waals surface area contributed by atoms with Gasteiger partial charge in [0.05, 0.1) is 11.5 Å². The van der Waals surface area contributed by atoms with Crippen molar-refractivity contribution >= 4 is 11.3 Å². The van der Waals surface area contributed by atoms with Gasteiger partial charge in [-0.2, -0.15) is 0 Å². The van der Waals surface area contributed by atoms with Crippen LogP contribution >= 0.6 is 11.3 Å². The molecule has 2 aromatic rings. The van der Waals surface area contributed by atoms with E-state index in [2.05, 4.69) is 32.3 Å². The molecule has 0 atom stereocenters. The summed E-state index contributed by atoms with van der Waals surface area (Å²) in [4.78, 5) is 1.34. The summed E-state index contributed by atoms with van der Waals surface area (Å²) >= 11 is 1.78. The zero-order chi connectivity index (χ0) is 14.0. The quantitative estimate of drug-likeness (QED) is 0.944. The molecular formula is C16H19N3OS. The SMILES string of the molecule is O[C@H]1C[C@@](c2cccs2)(c2nnc(C3CC3)n2C2CC2)C1. The Morgan fingerprint density at radius 2 is 2.00 bits per heavy atom. The van der Waals surface area contributed by atoms with Crippen molar-refractivity contribution in [1.82, 2.24) is 14.8 Å². The lowest BCUT2D eigenvalue weighted by Gasteiger charge is -2.44. The second-order valence-electron chi connectivity index (χ2n) is 6.88. The Kier molecular flexibility index (Phi) is 2.45. The monoisotopic (exact) mass is 301 g/mol. The molecule has 3 aliphatic carbocycles. The highest BCUT2D eigenvalue weighted by Gasteiger charge is 2.52. The van der Waals surface area contributed by atoms with Crippen molar-refractivity contribution in [3.05, 3.63) is 34.0 Å². The lowest BCUT2D eigenvalue weighted by molar-refractivity contribution is 0.0334. The van der Waals surface area contributed by atoms with Crippen LogP contribution in [0.1, 0.15) is 67.0 Å². The number of aromatic nitrogens is 3. The number of hydrogen-bond acceptors (Lipinski definition) is 4. The second kappa shape index (κ2) is 4.17. The molecule has 1 N–H and O–H groups in total. The first-order valence-electron chi connectivity index (χ1n) is 7.95. The predicted molar refractivity (Wildman–Crippen MR) is 80.6 cm³/mol. The predicted octanol–water partition coefficient (Wildman–Crippen LogP) is 2.99. The third-order valence-corrected chi connectivity index (χ3v) is 6.24. The van der Waals surface area contributed by atoms with E-state index in [4.69, 9.17) is 0 Å². The largest absolute Gasteiger partial charge is 0.393 e. The Hall–Kier alpha value is -1.20. The number of thiophene rings is 1. The van der Waals surface area contributed by atoms with Crippen LogP contribution in [0, 0.1) is 0 Å². The van der Waals surface area contributed by atoms with E-state index >= 15 is 0 Å². The van der Waals surface area contributed by atoms with E-state index in [1.807, 2.05) is 0 Å². The maximum atomic E-state index is 9.96. The Labute approximate surface area is 127 Å². The molecule has 2 heterocycles. The molecule has 0 radical (unpaired) electrons. The molecule has 110 valence electrons. The Balaban J connectivity index is 1.65. The normalized spacial score (nSPS) is 32.1. The molecule has 0 bridgehead atoms. The minimum absolute atomic E-state index is 0.0870. The molecule has 4 nitrogen and oxygen atoms in total. The zero-order valence-electron chi connectivity index (χ0n) is 11.9. The van der Waals surface area contributed by atoms with Gasteiger partial charge in [0.2, 0.25) is 0 Å². The lowest BCUT2D eigenvalue weighted by Crippen LogP contribution is -2.47. The van der Waals surface area contributed by atoms with Crippen LogP contribution in [0.5, 0.6) is 0 Å². The van der Waals surface area contributed by atoms with Gasteiger partial charge in [0, 0.05) is 16.8 Å². The van der Waals surface area contributed by atoms with Crippen molar-refractivity contribution in [2.45, 2.75) is 62.0 Å². The second-order valence-corrected chi connectivity index (χ2v) is 7.83. The van der Waals surface area contributed by atoms with Crippen LogP contribution < -0.4 is 0 Å². The first-order chi connectivity index (χ1) is 10.3. The lowest BCUT2D eigenvalue weighted by atomic mass is 9.65. The van der Waals surface area contributed by atoms with Crippen molar-refractivity contribution in [2.24, 2.45) is 0 Å². The van der Waals surface area contributed by atoms with E-state index in [0.29, 0.717) is 12.0 Å². The summed E-state index contributed by atoms with van der Waals surface area (Å²) in [5.74, 6) is 2.97. The van der Waals surface area contributed by atoms with Gasteiger partial charge < -0.3 is 9.67 Å². The molecule has 5 rings (SSSR count). The van der Waals surface area contributed by atoms with Gasteiger partial charge in [0.1, 0.15) is 11.6 Å². The van der Waals surface area contributed by atoms with Crippen molar-refractivity contribution < 1.29 is 5.11 Å². The molecule has 0 saturated heterocycles. The molecule has 0 spiro atoms. The minimum Gasteiger partial charge on any atom is -0.393 e. The van der Waals surface area contributed by atoms with E-state index < -0.39 is 0 Å². The molecule has 3 fully saturated rings. The van der Waals surface area contributed by atoms with Crippen LogP contribution in [0.25, 0.3) is 0 Å². The third-order valence-electron chi connectivity index (χ3n) is 5.17. The van der Waals surface area contributed by atoms with Gasteiger partial charge in [-0.25, -0.2) is 0 Å². The minimum atomic E-state index is -0.194. The first kappa shape index (κ1) is 12.4. The maximum Gasteiger partial charge on any atom is 0.145 e. The number of nitrogens with zero attached hydrogens (tertiary/aromatic N) is 3. The fourth-order valence-electron chi connectivity index (χ4n) is 3.73. The Morgan fingerprint density at radius 3 is 2.57 bits per heavy atom. The molecule has 21 heavy (non-hydrogen) atoms. The topological polar surface area (TPSA) is 50.9 Å². The van der Waals surface area contributed by atoms with Crippen molar-refractivity contribution in [3.63, 3.8) is 0 Å². The number of hydrogen-bond donors (Lipinski definition) is 1. The number of aliphatic hydroxyl groups is 1. The number of rotatable bonds is 4. The van der Waals surface area contributed by atoms with Crippen molar-refractivity contribution in [2.75, 3.05) is 0 Å². The fourth-order valence-corrected chi connectivity index (χ4v) is 4.68. The first-order valence-corrected chi connectivity index (χ1v) is 8.83. The van der Waals surface area contributed by atoms with E-state index in [1.54, 1.807) is 11.3 Å². The van der Waals surface area contributed by atoms with Gasteiger partial charge in [-0.05, 0) is 50.0 Å². The standard InChI is InChI=1S/C16H19N3OS/c20-12-8-16(9-12,13-2-1-7-21-13)15-18-17-14(10-3-4-10)19(15)11-5-6-11/h1-2,7,10-12,20H,3-6,8-9H2/t12-,16+. The van der Waals surface area contributed by atoms with Crippen LogP contribution in [0.2, 0.25) is 0 Å². The van der Waals surface area contributed by atoms with Gasteiger partial charge >= 0.3 is 0 Å². The van der Waals surface area contributed by atoms with Gasteiger partial charge in [-0.3, -0.25) is 0 Å². The highest BCUT2D eigenvalue weighted by atomic mass is 32.1. The summed E-state index contributed by atoms with van der Waals surface area (Å²) in [6.45, 7) is 0. The van der Waals surface area contributed by atoms with Gasteiger partial charge in [-0.15, -0.1) is 21.5 Å². The molecule has 3 saturated carbocycles. The van der Waals surface area contributed by atoms with E-state index in [1.165, 1.54) is 36.4 Å². The summed E-state index contributed by atoms with van der Waals surface area (Å²) in [5, 5.41) is 21.3. The summed E-state index contributed by atoms with van der Waals surface area (Å²) < 4.78 is 2.45. The molecular weight excluding hydrogens is 282 g/mol. The molecule has 5 heteroatoms. The van der Waals surface area contributed by atoms with Crippen molar-refractivity contribution in [3.8, 4) is 0 Å². The van der Waals surface area contributed by atoms with E-state index in [9.17, 15) is 5.11 Å². The summed E-state index contributed by atoms with van der Waals surface area (Å²) in [6.07, 6.45) is 6.44. The molecule has 0 unspecified atom stereocenters. The van der Waals surface area contributed by atoms with Crippen LogP contribution in [-0.2, 0) is 5.41 Å². The Morgan fingerprint density at radius 1 is 1.19 bits per heavy atom. The van der Waals surface area contributed by atoms with Crippen LogP contribution in [0.15, 0.2) is 17.5 Å².